The summed E-state index contributed by atoms with van der Waals surface area (Å²) in [5, 5.41) is 12.2. The summed E-state index contributed by atoms with van der Waals surface area (Å²) < 4.78 is 6.40. The Morgan fingerprint density at radius 3 is 1.75 bits per heavy atom. The highest BCUT2D eigenvalue weighted by molar-refractivity contribution is 6.14. The monoisotopic (exact) mass is 611 g/mol. The SMILES string of the molecule is c1ccc2c(c1)ccc1ccc(N(c3ccc(-c4cccc5c4oc4ccccc45)cc3)c3cccc4c3ccc3ccccc34)cc12. The number of rotatable bonds is 4. The molecule has 0 saturated heterocycles. The van der Waals surface area contributed by atoms with Gasteiger partial charge in [-0.05, 0) is 79.7 Å². The standard InChI is InChI=1S/C46H29NO/c1-3-11-36-31(10-1)24-28-40-39(36)15-8-17-44(40)47(35-27-23-33-20-19-30-9-2-4-12-37(30)43(33)29-35)34-25-21-32(22-26-34)38-14-7-16-42-41-13-5-6-18-45(41)48-46(38)42/h1-29H. The van der Waals surface area contributed by atoms with Crippen LogP contribution in [-0.4, -0.2) is 0 Å². The molecule has 0 radical (unpaired) electrons. The molecule has 0 aliphatic carbocycles. The predicted molar refractivity (Wildman–Crippen MR) is 204 cm³/mol. The number of para-hydroxylation sites is 2. The van der Waals surface area contributed by atoms with Crippen LogP contribution in [0.5, 0.6) is 0 Å². The number of benzene rings is 9. The number of hydrogen-bond donors (Lipinski definition) is 0. The normalized spacial score (nSPS) is 11.8. The average Bonchev–Trinajstić information content (AvgIpc) is 3.54. The Hall–Kier alpha value is -6.38. The molecule has 48 heavy (non-hydrogen) atoms. The molecule has 0 unspecified atom stereocenters. The summed E-state index contributed by atoms with van der Waals surface area (Å²) >= 11 is 0. The van der Waals surface area contributed by atoms with Crippen molar-refractivity contribution >= 4 is 82.1 Å². The molecule has 9 aromatic carbocycles. The van der Waals surface area contributed by atoms with Gasteiger partial charge >= 0.3 is 0 Å². The minimum atomic E-state index is 0.912. The van der Waals surface area contributed by atoms with Crippen LogP contribution in [0.25, 0.3) is 76.2 Å². The molecular formula is C46H29NO. The van der Waals surface area contributed by atoms with Gasteiger partial charge in [-0.15, -0.1) is 0 Å². The predicted octanol–water partition coefficient (Wildman–Crippen LogP) is 13.3. The zero-order chi connectivity index (χ0) is 31.6. The van der Waals surface area contributed by atoms with E-state index in [9.17, 15) is 0 Å². The summed E-state index contributed by atoms with van der Waals surface area (Å²) in [5.41, 5.74) is 7.40. The molecule has 224 valence electrons. The van der Waals surface area contributed by atoms with E-state index in [0.29, 0.717) is 0 Å². The number of fused-ring (bicyclic) bond motifs is 9. The van der Waals surface area contributed by atoms with E-state index >= 15 is 0 Å². The fourth-order valence-electron chi connectivity index (χ4n) is 7.54. The Bertz CT molecular complexity index is 2840. The van der Waals surface area contributed by atoms with Crippen LogP contribution >= 0.6 is 0 Å². The number of hydrogen-bond acceptors (Lipinski definition) is 2. The van der Waals surface area contributed by atoms with Crippen LogP contribution in [0, 0.1) is 0 Å². The smallest absolute Gasteiger partial charge is 0.143 e. The van der Waals surface area contributed by atoms with Crippen molar-refractivity contribution in [2.75, 3.05) is 4.90 Å². The van der Waals surface area contributed by atoms with Crippen LogP contribution in [0.4, 0.5) is 17.1 Å². The Balaban J connectivity index is 1.19. The molecule has 0 atom stereocenters. The van der Waals surface area contributed by atoms with E-state index in [4.69, 9.17) is 4.42 Å². The van der Waals surface area contributed by atoms with Crippen LogP contribution in [0.15, 0.2) is 180 Å². The molecule has 2 heteroatoms. The van der Waals surface area contributed by atoms with Gasteiger partial charge in [-0.2, -0.15) is 0 Å². The third kappa shape index (κ3) is 4.13. The van der Waals surface area contributed by atoms with Crippen LogP contribution in [0.1, 0.15) is 0 Å². The topological polar surface area (TPSA) is 16.4 Å². The molecule has 0 saturated carbocycles. The Labute approximate surface area is 277 Å². The van der Waals surface area contributed by atoms with E-state index in [-0.39, 0.29) is 0 Å². The van der Waals surface area contributed by atoms with Crippen molar-refractivity contribution < 1.29 is 4.42 Å². The van der Waals surface area contributed by atoms with E-state index < -0.39 is 0 Å². The van der Waals surface area contributed by atoms with Crippen molar-refractivity contribution in [3.63, 3.8) is 0 Å². The van der Waals surface area contributed by atoms with Gasteiger partial charge in [0.1, 0.15) is 11.2 Å². The van der Waals surface area contributed by atoms with Crippen LogP contribution < -0.4 is 4.90 Å². The highest BCUT2D eigenvalue weighted by Gasteiger charge is 2.18. The van der Waals surface area contributed by atoms with Crippen molar-refractivity contribution in [3.8, 4) is 11.1 Å². The molecule has 10 rings (SSSR count). The first-order chi connectivity index (χ1) is 23.8. The van der Waals surface area contributed by atoms with Crippen molar-refractivity contribution in [1.29, 1.82) is 0 Å². The second-order valence-corrected chi connectivity index (χ2v) is 12.5. The summed E-state index contributed by atoms with van der Waals surface area (Å²) in [5.74, 6) is 0. The first-order valence-corrected chi connectivity index (χ1v) is 16.4. The molecule has 10 aromatic rings. The van der Waals surface area contributed by atoms with E-state index in [1.807, 2.05) is 12.1 Å². The first kappa shape index (κ1) is 26.8. The van der Waals surface area contributed by atoms with Crippen molar-refractivity contribution in [2.24, 2.45) is 0 Å². The number of nitrogens with zero attached hydrogens (tertiary/aromatic N) is 1. The minimum absolute atomic E-state index is 0.912. The zero-order valence-corrected chi connectivity index (χ0v) is 26.1. The van der Waals surface area contributed by atoms with Crippen molar-refractivity contribution in [3.05, 3.63) is 176 Å². The second-order valence-electron chi connectivity index (χ2n) is 12.5. The van der Waals surface area contributed by atoms with Gasteiger partial charge in [0.05, 0.1) is 5.69 Å². The van der Waals surface area contributed by atoms with E-state index in [0.717, 1.165) is 50.1 Å². The van der Waals surface area contributed by atoms with Crippen molar-refractivity contribution in [2.45, 2.75) is 0 Å². The lowest BCUT2D eigenvalue weighted by Gasteiger charge is -2.28. The van der Waals surface area contributed by atoms with Gasteiger partial charge in [0.2, 0.25) is 0 Å². The largest absolute Gasteiger partial charge is 0.455 e. The fourth-order valence-corrected chi connectivity index (χ4v) is 7.54. The van der Waals surface area contributed by atoms with Gasteiger partial charge in [0.15, 0.2) is 0 Å². The highest BCUT2D eigenvalue weighted by atomic mass is 16.3. The lowest BCUT2D eigenvalue weighted by Crippen LogP contribution is -2.10. The summed E-state index contributed by atoms with van der Waals surface area (Å²) in [6.07, 6.45) is 0. The van der Waals surface area contributed by atoms with Gasteiger partial charge < -0.3 is 9.32 Å². The maximum atomic E-state index is 6.40. The highest BCUT2D eigenvalue weighted by Crippen LogP contribution is 2.43. The summed E-state index contributed by atoms with van der Waals surface area (Å²) in [4.78, 5) is 2.41. The maximum absolute atomic E-state index is 6.40. The first-order valence-electron chi connectivity index (χ1n) is 16.4. The van der Waals surface area contributed by atoms with E-state index in [2.05, 4.69) is 169 Å². The summed E-state index contributed by atoms with van der Waals surface area (Å²) in [6.45, 7) is 0. The molecule has 0 aliphatic rings. The molecule has 0 amide bonds. The van der Waals surface area contributed by atoms with E-state index in [1.54, 1.807) is 0 Å². The zero-order valence-electron chi connectivity index (χ0n) is 26.1. The molecule has 1 heterocycles. The Morgan fingerprint density at radius 1 is 0.354 bits per heavy atom. The summed E-state index contributed by atoms with van der Waals surface area (Å²) in [7, 11) is 0. The summed E-state index contributed by atoms with van der Waals surface area (Å²) in [6, 6.07) is 63.4. The van der Waals surface area contributed by atoms with Gasteiger partial charge in [0.25, 0.3) is 0 Å². The molecule has 0 spiro atoms. The van der Waals surface area contributed by atoms with E-state index in [1.165, 1.54) is 43.1 Å². The molecular weight excluding hydrogens is 583 g/mol. The van der Waals surface area contributed by atoms with Gasteiger partial charge in [-0.25, -0.2) is 0 Å². The third-order valence-corrected chi connectivity index (χ3v) is 9.83. The van der Waals surface area contributed by atoms with Crippen LogP contribution in [0.3, 0.4) is 0 Å². The Kier molecular flexibility index (Phi) is 5.91. The van der Waals surface area contributed by atoms with Crippen LogP contribution in [-0.2, 0) is 0 Å². The third-order valence-electron chi connectivity index (χ3n) is 9.83. The lowest BCUT2D eigenvalue weighted by molar-refractivity contribution is 0.670. The lowest BCUT2D eigenvalue weighted by atomic mass is 9.98. The fraction of sp³-hybridized carbons (Fsp3) is 0. The van der Waals surface area contributed by atoms with Crippen LogP contribution in [0.2, 0.25) is 0 Å². The van der Waals surface area contributed by atoms with Gasteiger partial charge in [0, 0.05) is 33.1 Å². The van der Waals surface area contributed by atoms with Gasteiger partial charge in [-0.1, -0.05) is 140 Å². The Morgan fingerprint density at radius 2 is 0.938 bits per heavy atom. The molecule has 0 aliphatic heterocycles. The minimum Gasteiger partial charge on any atom is -0.455 e. The molecule has 1 aromatic heterocycles. The molecule has 0 fully saturated rings. The maximum Gasteiger partial charge on any atom is 0.143 e. The number of furan rings is 1. The average molecular weight is 612 g/mol. The second kappa shape index (κ2) is 10.6. The number of anilines is 3. The van der Waals surface area contributed by atoms with Crippen molar-refractivity contribution in [1.82, 2.24) is 0 Å². The molecule has 0 N–H and O–H groups in total. The molecule has 2 nitrogen and oxygen atoms in total. The van der Waals surface area contributed by atoms with Gasteiger partial charge in [-0.3, -0.25) is 0 Å². The quantitative estimate of drug-likeness (QED) is 0.184. The molecule has 0 bridgehead atoms.